The first kappa shape index (κ1) is 11.3. The molecule has 0 saturated heterocycles. The Labute approximate surface area is 95.4 Å². The zero-order valence-electron chi connectivity index (χ0n) is 8.12. The summed E-state index contributed by atoms with van der Waals surface area (Å²) in [4.78, 5) is 15.5. The molecule has 0 N–H and O–H groups in total. The number of ketones is 1. The molecule has 0 bridgehead atoms. The maximum Gasteiger partial charge on any atom is 0.387 e. The highest BCUT2D eigenvalue weighted by atomic mass is 35.5. The number of pyridine rings is 1. The normalized spacial score (nSPS) is 15.2. The minimum Gasteiger partial charge on any atom is -0.431 e. The number of hydrogen-bond acceptors (Lipinski definition) is 3. The predicted octanol–water partition coefficient (Wildman–Crippen LogP) is 2.93. The molecule has 1 saturated carbocycles. The van der Waals surface area contributed by atoms with Gasteiger partial charge in [-0.15, -0.1) is 0 Å². The van der Waals surface area contributed by atoms with Gasteiger partial charge in [0.25, 0.3) is 0 Å². The lowest BCUT2D eigenvalue weighted by molar-refractivity contribution is -0.0503. The van der Waals surface area contributed by atoms with E-state index in [1.807, 2.05) is 0 Å². The fourth-order valence-corrected chi connectivity index (χ4v) is 1.53. The molecule has 0 unspecified atom stereocenters. The lowest BCUT2D eigenvalue weighted by Gasteiger charge is -2.09. The summed E-state index contributed by atoms with van der Waals surface area (Å²) in [5.74, 6) is -0.722. The molecule has 16 heavy (non-hydrogen) atoms. The van der Waals surface area contributed by atoms with Gasteiger partial charge in [-0.2, -0.15) is 8.78 Å². The molecule has 1 fully saturated rings. The quantitative estimate of drug-likeness (QED) is 0.768. The van der Waals surface area contributed by atoms with E-state index in [2.05, 4.69) is 9.72 Å². The van der Waals surface area contributed by atoms with Crippen LogP contribution in [0.3, 0.4) is 0 Å². The van der Waals surface area contributed by atoms with E-state index >= 15 is 0 Å². The fourth-order valence-electron chi connectivity index (χ4n) is 1.34. The first-order valence-electron chi connectivity index (χ1n) is 4.73. The summed E-state index contributed by atoms with van der Waals surface area (Å²) < 4.78 is 28.5. The topological polar surface area (TPSA) is 39.2 Å². The van der Waals surface area contributed by atoms with Gasteiger partial charge in [0.2, 0.25) is 0 Å². The number of hydrogen-bond donors (Lipinski definition) is 0. The van der Waals surface area contributed by atoms with E-state index in [1.54, 1.807) is 0 Å². The molecular formula is C10H8ClF2NO2. The zero-order chi connectivity index (χ0) is 11.7. The third-order valence-electron chi connectivity index (χ3n) is 2.24. The van der Waals surface area contributed by atoms with E-state index in [0.717, 1.165) is 12.8 Å². The molecule has 1 aliphatic carbocycles. The van der Waals surface area contributed by atoms with Crippen LogP contribution < -0.4 is 4.74 Å². The Morgan fingerprint density at radius 2 is 2.25 bits per heavy atom. The molecule has 3 nitrogen and oxygen atoms in total. The van der Waals surface area contributed by atoms with E-state index in [1.165, 1.54) is 12.3 Å². The summed E-state index contributed by atoms with van der Waals surface area (Å²) in [6, 6.07) is 1.31. The summed E-state index contributed by atoms with van der Waals surface area (Å²) in [5.41, 5.74) is -0.102. The monoisotopic (exact) mass is 247 g/mol. The first-order valence-corrected chi connectivity index (χ1v) is 5.11. The van der Waals surface area contributed by atoms with Crippen LogP contribution >= 0.6 is 11.6 Å². The van der Waals surface area contributed by atoms with Crippen molar-refractivity contribution < 1.29 is 18.3 Å². The van der Waals surface area contributed by atoms with Gasteiger partial charge in [-0.1, -0.05) is 11.6 Å². The molecule has 2 rings (SSSR count). The second-order valence-corrected chi connectivity index (χ2v) is 3.89. The molecule has 6 heteroatoms. The van der Waals surface area contributed by atoms with Crippen LogP contribution in [0.15, 0.2) is 12.3 Å². The minimum atomic E-state index is -3.02. The molecule has 1 heterocycles. The number of alkyl halides is 2. The Morgan fingerprint density at radius 3 is 2.81 bits per heavy atom. The Morgan fingerprint density at radius 1 is 1.56 bits per heavy atom. The number of ether oxygens (including phenoxy) is 1. The van der Waals surface area contributed by atoms with Crippen molar-refractivity contribution in [3.63, 3.8) is 0 Å². The van der Waals surface area contributed by atoms with Crippen LogP contribution in [0.25, 0.3) is 0 Å². The van der Waals surface area contributed by atoms with Crippen molar-refractivity contribution in [2.24, 2.45) is 5.92 Å². The molecule has 0 aliphatic heterocycles. The number of carbonyl (C=O) groups is 1. The molecular weight excluding hydrogens is 240 g/mol. The van der Waals surface area contributed by atoms with Gasteiger partial charge in [-0.05, 0) is 18.9 Å². The Kier molecular flexibility index (Phi) is 3.05. The first-order chi connectivity index (χ1) is 7.59. The molecule has 1 aromatic heterocycles. The largest absolute Gasteiger partial charge is 0.431 e. The van der Waals surface area contributed by atoms with Crippen LogP contribution in [0.2, 0.25) is 5.02 Å². The zero-order valence-corrected chi connectivity index (χ0v) is 8.88. The maximum atomic E-state index is 12.1. The fraction of sp³-hybridized carbons (Fsp3) is 0.400. The Bertz CT molecular complexity index is 421. The summed E-state index contributed by atoms with van der Waals surface area (Å²) >= 11 is 5.69. The van der Waals surface area contributed by atoms with E-state index < -0.39 is 6.61 Å². The number of nitrogens with zero attached hydrogens (tertiary/aromatic N) is 1. The average molecular weight is 248 g/mol. The van der Waals surface area contributed by atoms with Crippen LogP contribution in [-0.2, 0) is 0 Å². The highest BCUT2D eigenvalue weighted by molar-refractivity contribution is 6.32. The lowest BCUT2D eigenvalue weighted by atomic mass is 10.1. The van der Waals surface area contributed by atoms with Gasteiger partial charge in [-0.3, -0.25) is 4.79 Å². The van der Waals surface area contributed by atoms with Crippen molar-refractivity contribution in [3.8, 4) is 5.75 Å². The van der Waals surface area contributed by atoms with Crippen LogP contribution in [0.1, 0.15) is 23.3 Å². The van der Waals surface area contributed by atoms with Crippen molar-refractivity contribution in [1.82, 2.24) is 4.98 Å². The highest BCUT2D eigenvalue weighted by Crippen LogP contribution is 2.37. The SMILES string of the molecule is O=C(c1nccc(Cl)c1OC(F)F)C1CC1. The third kappa shape index (κ3) is 2.29. The molecule has 0 atom stereocenters. The lowest BCUT2D eigenvalue weighted by Crippen LogP contribution is -2.11. The number of rotatable bonds is 4. The molecule has 0 aromatic carbocycles. The highest BCUT2D eigenvalue weighted by Gasteiger charge is 2.34. The summed E-state index contributed by atoms with van der Waals surface area (Å²) in [7, 11) is 0. The summed E-state index contributed by atoms with van der Waals surface area (Å²) in [6.07, 6.45) is 2.83. The molecule has 86 valence electrons. The van der Waals surface area contributed by atoms with Gasteiger partial charge >= 0.3 is 6.61 Å². The van der Waals surface area contributed by atoms with Crippen LogP contribution in [0.4, 0.5) is 8.78 Å². The summed E-state index contributed by atoms with van der Waals surface area (Å²) in [5, 5.41) is -0.0284. The van der Waals surface area contributed by atoms with Gasteiger partial charge in [0.1, 0.15) is 5.69 Å². The average Bonchev–Trinajstić information content (AvgIpc) is 3.03. The van der Waals surface area contributed by atoms with E-state index in [0.29, 0.717) is 0 Å². The third-order valence-corrected chi connectivity index (χ3v) is 2.54. The van der Waals surface area contributed by atoms with Crippen molar-refractivity contribution in [2.75, 3.05) is 0 Å². The second-order valence-electron chi connectivity index (χ2n) is 3.49. The van der Waals surface area contributed by atoms with Crippen molar-refractivity contribution in [1.29, 1.82) is 0 Å². The van der Waals surface area contributed by atoms with E-state index in [-0.39, 0.29) is 28.2 Å². The van der Waals surface area contributed by atoms with E-state index in [4.69, 9.17) is 11.6 Å². The second kappa shape index (κ2) is 4.33. The predicted molar refractivity (Wildman–Crippen MR) is 52.9 cm³/mol. The van der Waals surface area contributed by atoms with Crippen molar-refractivity contribution in [3.05, 3.63) is 23.0 Å². The molecule has 0 spiro atoms. The molecule has 0 radical (unpaired) electrons. The van der Waals surface area contributed by atoms with E-state index in [9.17, 15) is 13.6 Å². The molecule has 1 aromatic rings. The van der Waals surface area contributed by atoms with Gasteiger partial charge in [0.15, 0.2) is 11.5 Å². The molecule has 1 aliphatic rings. The van der Waals surface area contributed by atoms with Crippen molar-refractivity contribution >= 4 is 17.4 Å². The van der Waals surface area contributed by atoms with Gasteiger partial charge in [0, 0.05) is 12.1 Å². The van der Waals surface area contributed by atoms with Gasteiger partial charge in [-0.25, -0.2) is 4.98 Å². The smallest absolute Gasteiger partial charge is 0.387 e. The number of carbonyl (C=O) groups excluding carboxylic acids is 1. The minimum absolute atomic E-state index is 0.0284. The van der Waals surface area contributed by atoms with Crippen LogP contribution in [-0.4, -0.2) is 17.4 Å². The Balaban J connectivity index is 2.34. The standard InChI is InChI=1S/C10H8ClF2NO2/c11-6-3-4-14-7(8(15)5-1-2-5)9(6)16-10(12)13/h3-5,10H,1-2H2. The van der Waals surface area contributed by atoms with Crippen molar-refractivity contribution in [2.45, 2.75) is 19.5 Å². The molecule has 0 amide bonds. The van der Waals surface area contributed by atoms with Crippen LogP contribution in [0, 0.1) is 5.92 Å². The Hall–Kier alpha value is -1.23. The number of Topliss-reactive ketones (excluding diaryl/α,β-unsaturated/α-hetero) is 1. The maximum absolute atomic E-state index is 12.1. The summed E-state index contributed by atoms with van der Waals surface area (Å²) in [6.45, 7) is -3.02. The van der Waals surface area contributed by atoms with Gasteiger partial charge < -0.3 is 4.74 Å². The van der Waals surface area contributed by atoms with Gasteiger partial charge in [0.05, 0.1) is 5.02 Å². The number of halogens is 3. The number of aromatic nitrogens is 1. The van der Waals surface area contributed by atoms with Crippen LogP contribution in [0.5, 0.6) is 5.75 Å².